The van der Waals surface area contributed by atoms with E-state index in [0.29, 0.717) is 16.6 Å². The van der Waals surface area contributed by atoms with E-state index >= 15 is 0 Å². The highest BCUT2D eigenvalue weighted by molar-refractivity contribution is 6.90. The van der Waals surface area contributed by atoms with Crippen molar-refractivity contribution >= 4 is 53.8 Å². The molecular weight excluding hydrogens is 412 g/mol. The summed E-state index contributed by atoms with van der Waals surface area (Å²) in [6, 6.07) is 0. The molecule has 0 aliphatic rings. The zero-order valence-electron chi connectivity index (χ0n) is 15.6. The third kappa shape index (κ3) is 3.70. The number of fused-ring (bicyclic) bond motifs is 1. The number of rotatable bonds is 3. The molecule has 0 N–H and O–H groups in total. The summed E-state index contributed by atoms with van der Waals surface area (Å²) in [4.78, 5) is 11.9. The molecule has 2 aromatic heterocycles. The summed E-state index contributed by atoms with van der Waals surface area (Å²) in [7, 11) is -2.00. The van der Waals surface area contributed by atoms with Gasteiger partial charge < -0.3 is 0 Å². The van der Waals surface area contributed by atoms with Gasteiger partial charge in [-0.2, -0.15) is 0 Å². The van der Waals surface area contributed by atoms with Crippen molar-refractivity contribution in [1.82, 2.24) is 15.0 Å². The van der Waals surface area contributed by atoms with Crippen molar-refractivity contribution in [3.8, 4) is 11.5 Å². The summed E-state index contributed by atoms with van der Waals surface area (Å²) >= 11 is 17.9. The smallest absolute Gasteiger partial charge is 0.224 e. The van der Waals surface area contributed by atoms with Crippen molar-refractivity contribution in [3.63, 3.8) is 0 Å². The molecule has 0 unspecified atom stereocenters. The minimum Gasteiger partial charge on any atom is -0.224 e. The largest absolute Gasteiger partial charge is 0.224 e. The van der Waals surface area contributed by atoms with Crippen LogP contribution < -0.4 is 0 Å². The summed E-state index contributed by atoms with van der Waals surface area (Å²) in [5.41, 5.74) is 5.07. The molecule has 0 spiro atoms. The molecular formula is C18H21Cl3FN3Si. The Morgan fingerprint density at radius 2 is 1.38 bits per heavy atom. The van der Waals surface area contributed by atoms with Gasteiger partial charge in [-0.3, -0.25) is 0 Å². The minimum atomic E-state index is -2.00. The van der Waals surface area contributed by atoms with Crippen LogP contribution in [0.2, 0.25) is 32.2 Å². The summed E-state index contributed by atoms with van der Waals surface area (Å²) in [6.07, 6.45) is 0. The summed E-state index contributed by atoms with van der Waals surface area (Å²) in [6.45, 7) is 13.2. The van der Waals surface area contributed by atoms with Gasteiger partial charge in [0.2, 0.25) is 5.28 Å². The molecule has 26 heavy (non-hydrogen) atoms. The molecule has 0 saturated carbocycles. The molecule has 0 amide bonds. The second-order valence-corrected chi connectivity index (χ2v) is 13.9. The van der Waals surface area contributed by atoms with E-state index in [9.17, 15) is 4.39 Å². The molecule has 2 rings (SSSR count). The van der Waals surface area contributed by atoms with Crippen molar-refractivity contribution in [3.05, 3.63) is 27.1 Å². The predicted molar refractivity (Wildman–Crippen MR) is 110 cm³/mol. The molecule has 0 atom stereocenters. The van der Waals surface area contributed by atoms with Crippen LogP contribution in [0.15, 0.2) is 0 Å². The molecule has 0 bridgehead atoms. The lowest BCUT2D eigenvalue weighted by Gasteiger charge is -2.38. The fraction of sp³-hybridized carbons (Fsp3) is 0.500. The lowest BCUT2D eigenvalue weighted by molar-refractivity contribution is 0.631. The molecule has 0 aromatic carbocycles. The van der Waals surface area contributed by atoms with Gasteiger partial charge in [-0.15, -0.1) is 5.54 Å². The van der Waals surface area contributed by atoms with Crippen molar-refractivity contribution in [2.24, 2.45) is 0 Å². The van der Waals surface area contributed by atoms with Crippen molar-refractivity contribution in [2.45, 2.75) is 58.2 Å². The van der Waals surface area contributed by atoms with E-state index in [1.807, 2.05) is 0 Å². The summed E-state index contributed by atoms with van der Waals surface area (Å²) in [5.74, 6) is 2.36. The number of aromatic nitrogens is 3. The van der Waals surface area contributed by atoms with Crippen LogP contribution in [-0.4, -0.2) is 23.0 Å². The lowest BCUT2D eigenvalue weighted by atomic mass is 10.2. The van der Waals surface area contributed by atoms with E-state index in [2.05, 4.69) is 68.0 Å². The van der Waals surface area contributed by atoms with Crippen LogP contribution in [0.3, 0.4) is 0 Å². The zero-order chi connectivity index (χ0) is 19.8. The first-order valence-corrected chi connectivity index (χ1v) is 11.8. The van der Waals surface area contributed by atoms with Crippen LogP contribution in [0, 0.1) is 17.3 Å². The first-order valence-electron chi connectivity index (χ1n) is 8.43. The Labute approximate surface area is 169 Å². The standard InChI is InChI=1S/C18H21Cl3FN3Si/c1-9(2)26(10(3)4,11(5)6)8-7-12-13-15(14(22)17(20)23-12)24-18(21)25-16(13)19/h9-11H,1-6H3. The second-order valence-electron chi connectivity index (χ2n) is 7.22. The zero-order valence-corrected chi connectivity index (χ0v) is 18.9. The quantitative estimate of drug-likeness (QED) is 0.178. The maximum absolute atomic E-state index is 14.4. The van der Waals surface area contributed by atoms with E-state index < -0.39 is 13.9 Å². The molecule has 2 aromatic rings. The maximum atomic E-state index is 14.4. The van der Waals surface area contributed by atoms with E-state index in [1.165, 1.54) is 0 Å². The number of hydrogen-bond donors (Lipinski definition) is 0. The van der Waals surface area contributed by atoms with E-state index in [0.717, 1.165) is 0 Å². The summed E-state index contributed by atoms with van der Waals surface area (Å²) in [5, 5.41) is -0.209. The Kier molecular flexibility index (Phi) is 6.56. The van der Waals surface area contributed by atoms with Gasteiger partial charge in [0.25, 0.3) is 0 Å². The second kappa shape index (κ2) is 7.98. The van der Waals surface area contributed by atoms with Crippen LogP contribution in [0.4, 0.5) is 4.39 Å². The number of halogens is 4. The Morgan fingerprint density at radius 1 is 0.846 bits per heavy atom. The first kappa shape index (κ1) is 21.4. The minimum absolute atomic E-state index is 0.0123. The Morgan fingerprint density at radius 3 is 1.88 bits per heavy atom. The molecule has 0 fully saturated rings. The van der Waals surface area contributed by atoms with Gasteiger partial charge in [0.1, 0.15) is 24.4 Å². The highest BCUT2D eigenvalue weighted by Crippen LogP contribution is 2.41. The van der Waals surface area contributed by atoms with Crippen LogP contribution in [0.5, 0.6) is 0 Å². The molecule has 8 heteroatoms. The van der Waals surface area contributed by atoms with Gasteiger partial charge in [-0.25, -0.2) is 19.3 Å². The average Bonchev–Trinajstić information content (AvgIpc) is 2.50. The number of hydrogen-bond acceptors (Lipinski definition) is 3. The van der Waals surface area contributed by atoms with Gasteiger partial charge in [-0.05, 0) is 28.2 Å². The molecule has 140 valence electrons. The van der Waals surface area contributed by atoms with Crippen LogP contribution in [0.25, 0.3) is 10.9 Å². The first-order chi connectivity index (χ1) is 12.0. The highest BCUT2D eigenvalue weighted by Gasteiger charge is 2.41. The summed E-state index contributed by atoms with van der Waals surface area (Å²) < 4.78 is 14.4. The SMILES string of the molecule is CC(C)[Si](C#Cc1nc(Cl)c(F)c2nc(Cl)nc(Cl)c12)(C(C)C)C(C)C. The Balaban J connectivity index is 2.81. The third-order valence-corrected chi connectivity index (χ3v) is 11.9. The van der Waals surface area contributed by atoms with Gasteiger partial charge in [0.05, 0.1) is 5.39 Å². The van der Waals surface area contributed by atoms with E-state index in [1.54, 1.807) is 0 Å². The third-order valence-electron chi connectivity index (χ3n) is 4.94. The molecule has 3 nitrogen and oxygen atoms in total. The number of pyridine rings is 1. The molecule has 0 saturated heterocycles. The van der Waals surface area contributed by atoms with E-state index in [4.69, 9.17) is 34.8 Å². The van der Waals surface area contributed by atoms with Gasteiger partial charge in [0, 0.05) is 0 Å². The molecule has 0 aliphatic heterocycles. The maximum Gasteiger partial charge on any atom is 0.224 e. The van der Waals surface area contributed by atoms with Crippen molar-refractivity contribution < 1.29 is 4.39 Å². The average molecular weight is 433 g/mol. The predicted octanol–water partition coefficient (Wildman–Crippen LogP) is 6.69. The normalized spacial score (nSPS) is 12.2. The lowest BCUT2D eigenvalue weighted by Crippen LogP contribution is -2.43. The van der Waals surface area contributed by atoms with Gasteiger partial charge in [-0.1, -0.05) is 70.7 Å². The Bertz CT molecular complexity index is 882. The van der Waals surface area contributed by atoms with Crippen LogP contribution in [0.1, 0.15) is 47.2 Å². The van der Waals surface area contributed by atoms with Crippen LogP contribution >= 0.6 is 34.8 Å². The monoisotopic (exact) mass is 431 g/mol. The van der Waals surface area contributed by atoms with Crippen molar-refractivity contribution in [1.29, 1.82) is 0 Å². The van der Waals surface area contributed by atoms with Crippen LogP contribution in [-0.2, 0) is 0 Å². The molecule has 0 radical (unpaired) electrons. The molecule has 2 heterocycles. The topological polar surface area (TPSA) is 38.7 Å². The Hall–Kier alpha value is -0.933. The highest BCUT2D eigenvalue weighted by atomic mass is 35.5. The van der Waals surface area contributed by atoms with E-state index in [-0.39, 0.29) is 32.2 Å². The fourth-order valence-corrected chi connectivity index (χ4v) is 9.61. The molecule has 0 aliphatic carbocycles. The number of nitrogens with zero attached hydrogens (tertiary/aromatic N) is 3. The van der Waals surface area contributed by atoms with Crippen molar-refractivity contribution in [2.75, 3.05) is 0 Å². The fourth-order valence-electron chi connectivity index (χ4n) is 3.77. The van der Waals surface area contributed by atoms with Gasteiger partial charge in [0.15, 0.2) is 11.0 Å². The van der Waals surface area contributed by atoms with Gasteiger partial charge >= 0.3 is 0 Å².